The Kier molecular flexibility index (Phi) is 6.19. The molecule has 0 aliphatic rings. The summed E-state index contributed by atoms with van der Waals surface area (Å²) in [5.41, 5.74) is 1.01. The maximum atomic E-state index is 12.7. The zero-order valence-corrected chi connectivity index (χ0v) is 16.5. The van der Waals surface area contributed by atoms with Gasteiger partial charge in [0.05, 0.1) is 4.90 Å². The third-order valence-electron chi connectivity index (χ3n) is 3.41. The minimum atomic E-state index is -3.77. The van der Waals surface area contributed by atoms with Gasteiger partial charge in [0.2, 0.25) is 0 Å². The fourth-order valence-corrected chi connectivity index (χ4v) is 5.50. The molecule has 0 amide bonds. The average molecular weight is 400 g/mol. The first-order chi connectivity index (χ1) is 12.5. The lowest BCUT2D eigenvalue weighted by molar-refractivity contribution is 0.598. The van der Waals surface area contributed by atoms with Gasteiger partial charge in [-0.1, -0.05) is 77.6 Å². The summed E-state index contributed by atoms with van der Waals surface area (Å²) >= 11 is 2.68. The molecule has 0 radical (unpaired) electrons. The third kappa shape index (κ3) is 5.24. The maximum Gasteiger partial charge on any atom is 0.283 e. The second kappa shape index (κ2) is 8.58. The van der Waals surface area contributed by atoms with Crippen molar-refractivity contribution in [1.82, 2.24) is 0 Å². The molecule has 3 nitrogen and oxygen atoms in total. The monoisotopic (exact) mass is 399 g/mol. The molecular formula is C20H17NO2S3. The summed E-state index contributed by atoms with van der Waals surface area (Å²) in [7, 11) is -3.77. The molecule has 0 N–H and O–H groups in total. The molecule has 0 atom stereocenters. The quantitative estimate of drug-likeness (QED) is 0.324. The molecule has 0 spiro atoms. The lowest BCUT2D eigenvalue weighted by Gasteiger charge is -2.07. The van der Waals surface area contributed by atoms with Crippen molar-refractivity contribution >= 4 is 37.9 Å². The van der Waals surface area contributed by atoms with Crippen LogP contribution in [0.3, 0.4) is 0 Å². The molecule has 0 fully saturated rings. The van der Waals surface area contributed by atoms with E-state index < -0.39 is 10.0 Å². The Morgan fingerprint density at radius 2 is 1.19 bits per heavy atom. The van der Waals surface area contributed by atoms with Gasteiger partial charge in [-0.25, -0.2) is 0 Å². The van der Waals surface area contributed by atoms with E-state index in [9.17, 15) is 8.42 Å². The van der Waals surface area contributed by atoms with E-state index in [-0.39, 0.29) is 4.90 Å². The topological polar surface area (TPSA) is 46.5 Å². The van der Waals surface area contributed by atoms with Crippen molar-refractivity contribution in [2.24, 2.45) is 4.40 Å². The molecule has 26 heavy (non-hydrogen) atoms. The fraction of sp³-hybridized carbons (Fsp3) is 0.0500. The van der Waals surface area contributed by atoms with Crippen LogP contribution in [0.15, 0.2) is 104 Å². The van der Waals surface area contributed by atoms with Gasteiger partial charge in [-0.15, -0.1) is 4.40 Å². The van der Waals surface area contributed by atoms with Gasteiger partial charge >= 0.3 is 0 Å². The van der Waals surface area contributed by atoms with E-state index in [1.165, 1.54) is 23.5 Å². The van der Waals surface area contributed by atoms with Crippen LogP contribution in [0.25, 0.3) is 0 Å². The third-order valence-corrected chi connectivity index (χ3v) is 6.98. The molecule has 3 aromatic carbocycles. The Labute approximate surface area is 162 Å². The summed E-state index contributed by atoms with van der Waals surface area (Å²) in [4.78, 5) is 2.07. The van der Waals surface area contributed by atoms with Crippen LogP contribution in [0.2, 0.25) is 0 Å². The van der Waals surface area contributed by atoms with E-state index in [1.807, 2.05) is 67.6 Å². The molecule has 3 aromatic rings. The highest BCUT2D eigenvalue weighted by Crippen LogP contribution is 2.32. The van der Waals surface area contributed by atoms with E-state index in [1.54, 1.807) is 24.3 Å². The highest BCUT2D eigenvalue weighted by atomic mass is 32.2. The molecule has 0 saturated heterocycles. The molecular weight excluding hydrogens is 382 g/mol. The molecule has 0 aliphatic carbocycles. The Morgan fingerprint density at radius 1 is 0.731 bits per heavy atom. The van der Waals surface area contributed by atoms with Crippen LogP contribution in [0.5, 0.6) is 0 Å². The van der Waals surface area contributed by atoms with Gasteiger partial charge < -0.3 is 0 Å². The van der Waals surface area contributed by atoms with Gasteiger partial charge in [0.15, 0.2) is 4.38 Å². The van der Waals surface area contributed by atoms with Crippen LogP contribution in [0.4, 0.5) is 0 Å². The maximum absolute atomic E-state index is 12.7. The lowest BCUT2D eigenvalue weighted by Crippen LogP contribution is -2.00. The summed E-state index contributed by atoms with van der Waals surface area (Å²) in [5, 5.41) is 0. The standard InChI is InChI=1S/C20H17NO2S3/c1-16-12-14-19(15-13-16)26(22,23)21-20(24-17-8-4-2-5-9-17)25-18-10-6-3-7-11-18/h2-15H,1H3. The number of hydrogen-bond acceptors (Lipinski definition) is 4. The van der Waals surface area contributed by atoms with Gasteiger partial charge in [-0.3, -0.25) is 0 Å². The molecule has 0 heterocycles. The number of benzene rings is 3. The summed E-state index contributed by atoms with van der Waals surface area (Å²) in [5.74, 6) is 0. The van der Waals surface area contributed by atoms with Crippen LogP contribution >= 0.6 is 23.5 Å². The van der Waals surface area contributed by atoms with Crippen LogP contribution < -0.4 is 0 Å². The SMILES string of the molecule is Cc1ccc(S(=O)(=O)N=C(Sc2ccccc2)Sc2ccccc2)cc1. The zero-order valence-electron chi connectivity index (χ0n) is 14.1. The number of nitrogens with zero attached hydrogens (tertiary/aromatic N) is 1. The smallest absolute Gasteiger partial charge is 0.199 e. The average Bonchev–Trinajstić information content (AvgIpc) is 2.63. The normalized spacial score (nSPS) is 11.1. The second-order valence-electron chi connectivity index (χ2n) is 5.48. The molecule has 0 bridgehead atoms. The number of hydrogen-bond donors (Lipinski definition) is 0. The zero-order chi connectivity index (χ0) is 18.4. The first-order valence-electron chi connectivity index (χ1n) is 7.90. The van der Waals surface area contributed by atoms with Gasteiger partial charge in [0, 0.05) is 9.79 Å². The highest BCUT2D eigenvalue weighted by Gasteiger charge is 2.16. The molecule has 0 unspecified atom stereocenters. The Balaban J connectivity index is 1.95. The molecule has 0 aromatic heterocycles. The highest BCUT2D eigenvalue weighted by molar-refractivity contribution is 8.39. The molecule has 0 aliphatic heterocycles. The Hall–Kier alpha value is -2.02. The van der Waals surface area contributed by atoms with E-state index in [2.05, 4.69) is 4.40 Å². The van der Waals surface area contributed by atoms with Crippen LogP contribution in [-0.4, -0.2) is 12.8 Å². The summed E-state index contributed by atoms with van der Waals surface area (Å²) in [6.07, 6.45) is 0. The predicted molar refractivity (Wildman–Crippen MR) is 110 cm³/mol. The van der Waals surface area contributed by atoms with Crippen molar-refractivity contribution < 1.29 is 8.42 Å². The summed E-state index contributed by atoms with van der Waals surface area (Å²) in [6.45, 7) is 1.92. The number of sulfonamides is 1. The fourth-order valence-electron chi connectivity index (χ4n) is 2.10. The van der Waals surface area contributed by atoms with Crippen LogP contribution in [0.1, 0.15) is 5.56 Å². The van der Waals surface area contributed by atoms with Crippen molar-refractivity contribution in [2.45, 2.75) is 21.6 Å². The number of rotatable bonds is 4. The first kappa shape index (κ1) is 18.8. The Morgan fingerprint density at radius 3 is 1.65 bits per heavy atom. The summed E-state index contributed by atoms with van der Waals surface area (Å²) < 4.78 is 30.0. The molecule has 3 rings (SSSR count). The van der Waals surface area contributed by atoms with Crippen LogP contribution in [-0.2, 0) is 10.0 Å². The van der Waals surface area contributed by atoms with Crippen molar-refractivity contribution in [1.29, 1.82) is 0 Å². The van der Waals surface area contributed by atoms with Gasteiger partial charge in [0.25, 0.3) is 10.0 Å². The van der Waals surface area contributed by atoms with Crippen molar-refractivity contribution in [3.05, 3.63) is 90.5 Å². The summed E-state index contributed by atoms with van der Waals surface area (Å²) in [6, 6.07) is 26.0. The van der Waals surface area contributed by atoms with Gasteiger partial charge in [0.1, 0.15) is 0 Å². The second-order valence-corrected chi connectivity index (χ2v) is 9.46. The van der Waals surface area contributed by atoms with E-state index in [0.29, 0.717) is 4.38 Å². The van der Waals surface area contributed by atoms with Crippen molar-refractivity contribution in [3.63, 3.8) is 0 Å². The van der Waals surface area contributed by atoms with Crippen molar-refractivity contribution in [3.8, 4) is 0 Å². The largest absolute Gasteiger partial charge is 0.283 e. The van der Waals surface area contributed by atoms with E-state index in [4.69, 9.17) is 0 Å². The molecule has 6 heteroatoms. The minimum Gasteiger partial charge on any atom is -0.199 e. The number of aryl methyl sites for hydroxylation is 1. The number of thioether (sulfide) groups is 2. The predicted octanol–water partition coefficient (Wildman–Crippen LogP) is 5.62. The van der Waals surface area contributed by atoms with E-state index in [0.717, 1.165) is 15.4 Å². The Bertz CT molecular complexity index is 941. The van der Waals surface area contributed by atoms with Crippen LogP contribution in [0, 0.1) is 6.92 Å². The molecule has 0 saturated carbocycles. The molecule has 132 valence electrons. The van der Waals surface area contributed by atoms with Gasteiger partial charge in [-0.05, 0) is 43.3 Å². The van der Waals surface area contributed by atoms with Gasteiger partial charge in [-0.2, -0.15) is 8.42 Å². The van der Waals surface area contributed by atoms with E-state index >= 15 is 0 Å². The lowest BCUT2D eigenvalue weighted by atomic mass is 10.2. The van der Waals surface area contributed by atoms with Crippen molar-refractivity contribution in [2.75, 3.05) is 0 Å². The first-order valence-corrected chi connectivity index (χ1v) is 11.0. The minimum absolute atomic E-state index is 0.197.